The van der Waals surface area contributed by atoms with Crippen LogP contribution in [-0.4, -0.2) is 20.2 Å². The van der Waals surface area contributed by atoms with Gasteiger partial charge in [0.05, 0.1) is 22.8 Å². The number of rotatable bonds is 3. The average Bonchev–Trinajstić information content (AvgIpc) is 2.72. The predicted molar refractivity (Wildman–Crippen MR) is 111 cm³/mol. The van der Waals surface area contributed by atoms with Crippen molar-refractivity contribution in [2.45, 2.75) is 13.8 Å². The van der Waals surface area contributed by atoms with E-state index in [0.717, 1.165) is 11.1 Å². The molecule has 0 atom stereocenters. The van der Waals surface area contributed by atoms with E-state index in [1.807, 2.05) is 74.5 Å². The number of phenols is 2. The summed E-state index contributed by atoms with van der Waals surface area (Å²) in [5.41, 5.74) is 6.25. The molecule has 0 spiro atoms. The zero-order valence-electron chi connectivity index (χ0n) is 15.7. The van der Waals surface area contributed by atoms with Gasteiger partial charge in [0.25, 0.3) is 0 Å². The molecule has 4 rings (SSSR count). The van der Waals surface area contributed by atoms with Crippen molar-refractivity contribution in [1.82, 2.24) is 9.97 Å². The maximum Gasteiger partial charge on any atom is 0.124 e. The summed E-state index contributed by atoms with van der Waals surface area (Å²) in [6, 6.07) is 22.2. The summed E-state index contributed by atoms with van der Waals surface area (Å²) in [6.07, 6.45) is 0. The van der Waals surface area contributed by atoms with Gasteiger partial charge in [-0.3, -0.25) is 0 Å². The van der Waals surface area contributed by atoms with E-state index in [-0.39, 0.29) is 11.5 Å². The van der Waals surface area contributed by atoms with E-state index in [4.69, 9.17) is 9.97 Å². The zero-order chi connectivity index (χ0) is 19.7. The molecule has 0 saturated heterocycles. The number of phenolic OH excluding ortho intramolecular Hbond substituents is 2. The van der Waals surface area contributed by atoms with Crippen LogP contribution < -0.4 is 0 Å². The number of benzene rings is 2. The van der Waals surface area contributed by atoms with Crippen molar-refractivity contribution in [2.75, 3.05) is 0 Å². The van der Waals surface area contributed by atoms with Gasteiger partial charge in [0.15, 0.2) is 0 Å². The number of aromatic hydroxyl groups is 2. The Morgan fingerprint density at radius 1 is 0.536 bits per heavy atom. The molecule has 0 unspecified atom stereocenters. The van der Waals surface area contributed by atoms with Gasteiger partial charge in [-0.1, -0.05) is 35.4 Å². The van der Waals surface area contributed by atoms with Crippen LogP contribution in [0, 0.1) is 13.8 Å². The van der Waals surface area contributed by atoms with Crippen molar-refractivity contribution in [3.8, 4) is 45.4 Å². The molecular weight excluding hydrogens is 348 g/mol. The Morgan fingerprint density at radius 2 is 0.929 bits per heavy atom. The molecule has 28 heavy (non-hydrogen) atoms. The van der Waals surface area contributed by atoms with Crippen LogP contribution in [0.2, 0.25) is 0 Å². The Bertz CT molecular complexity index is 1080. The lowest BCUT2D eigenvalue weighted by Gasteiger charge is -2.09. The van der Waals surface area contributed by atoms with E-state index in [2.05, 4.69) is 0 Å². The highest BCUT2D eigenvalue weighted by Crippen LogP contribution is 2.32. The number of pyridine rings is 2. The van der Waals surface area contributed by atoms with E-state index in [1.165, 1.54) is 0 Å². The number of hydrogen-bond acceptors (Lipinski definition) is 4. The van der Waals surface area contributed by atoms with Gasteiger partial charge in [-0.25, -0.2) is 9.97 Å². The van der Waals surface area contributed by atoms with Crippen LogP contribution in [0.1, 0.15) is 11.1 Å². The minimum absolute atomic E-state index is 0.196. The predicted octanol–water partition coefficient (Wildman–Crippen LogP) is 5.51. The molecule has 2 aromatic carbocycles. The Labute approximate surface area is 163 Å². The van der Waals surface area contributed by atoms with Crippen LogP contribution in [-0.2, 0) is 0 Å². The monoisotopic (exact) mass is 368 g/mol. The standard InChI is InChI=1S/C24H20N2O2/c1-15-9-11-23(27)17(13-15)19-5-3-7-21(25-19)22-8-4-6-20(26-22)18-14-16(2)10-12-24(18)28/h3-14,27-28H,1-2H3. The summed E-state index contributed by atoms with van der Waals surface area (Å²) in [5, 5.41) is 20.4. The Hall–Kier alpha value is -3.66. The molecule has 0 radical (unpaired) electrons. The van der Waals surface area contributed by atoms with E-state index in [1.54, 1.807) is 12.1 Å². The van der Waals surface area contributed by atoms with E-state index in [0.29, 0.717) is 33.9 Å². The van der Waals surface area contributed by atoms with Gasteiger partial charge < -0.3 is 10.2 Å². The first-order valence-corrected chi connectivity index (χ1v) is 9.06. The van der Waals surface area contributed by atoms with Crippen LogP contribution in [0.3, 0.4) is 0 Å². The Kier molecular flexibility index (Phi) is 4.53. The fourth-order valence-corrected chi connectivity index (χ4v) is 3.16. The minimum atomic E-state index is 0.196. The second-order valence-electron chi connectivity index (χ2n) is 6.86. The van der Waals surface area contributed by atoms with Gasteiger partial charge in [-0.15, -0.1) is 0 Å². The van der Waals surface area contributed by atoms with Crippen molar-refractivity contribution < 1.29 is 10.2 Å². The quantitative estimate of drug-likeness (QED) is 0.501. The molecule has 4 heteroatoms. The van der Waals surface area contributed by atoms with Crippen LogP contribution in [0.15, 0.2) is 72.8 Å². The SMILES string of the molecule is Cc1ccc(O)c(-c2cccc(-c3cccc(-c4cc(C)ccc4O)n3)n2)c1. The van der Waals surface area contributed by atoms with Crippen LogP contribution in [0.25, 0.3) is 33.9 Å². The van der Waals surface area contributed by atoms with Crippen LogP contribution >= 0.6 is 0 Å². The molecule has 0 aliphatic rings. The fraction of sp³-hybridized carbons (Fsp3) is 0.0833. The molecule has 0 fully saturated rings. The maximum absolute atomic E-state index is 10.2. The lowest BCUT2D eigenvalue weighted by molar-refractivity contribution is 0.476. The topological polar surface area (TPSA) is 66.2 Å². The molecule has 2 aromatic heterocycles. The lowest BCUT2D eigenvalue weighted by Crippen LogP contribution is -1.93. The first kappa shape index (κ1) is 17.7. The average molecular weight is 368 g/mol. The minimum Gasteiger partial charge on any atom is -0.507 e. The molecular formula is C24H20N2O2. The first-order chi connectivity index (χ1) is 13.5. The Morgan fingerprint density at radius 3 is 1.36 bits per heavy atom. The number of aryl methyl sites for hydroxylation is 2. The summed E-state index contributed by atoms with van der Waals surface area (Å²) in [7, 11) is 0. The van der Waals surface area contributed by atoms with E-state index < -0.39 is 0 Å². The molecule has 4 aromatic rings. The van der Waals surface area contributed by atoms with Crippen molar-refractivity contribution in [3.05, 3.63) is 83.9 Å². The highest BCUT2D eigenvalue weighted by atomic mass is 16.3. The molecule has 2 N–H and O–H groups in total. The number of nitrogens with zero attached hydrogens (tertiary/aromatic N) is 2. The highest BCUT2D eigenvalue weighted by Gasteiger charge is 2.11. The first-order valence-electron chi connectivity index (χ1n) is 9.06. The molecule has 0 amide bonds. The highest BCUT2D eigenvalue weighted by molar-refractivity contribution is 5.72. The summed E-state index contributed by atoms with van der Waals surface area (Å²) >= 11 is 0. The number of aromatic nitrogens is 2. The van der Waals surface area contributed by atoms with Crippen molar-refractivity contribution in [1.29, 1.82) is 0 Å². The third-order valence-corrected chi connectivity index (χ3v) is 4.62. The van der Waals surface area contributed by atoms with Gasteiger partial charge >= 0.3 is 0 Å². The Balaban J connectivity index is 1.78. The lowest BCUT2D eigenvalue weighted by atomic mass is 10.1. The smallest absolute Gasteiger partial charge is 0.124 e. The van der Waals surface area contributed by atoms with Gasteiger partial charge in [-0.2, -0.15) is 0 Å². The molecule has 138 valence electrons. The fourth-order valence-electron chi connectivity index (χ4n) is 3.16. The summed E-state index contributed by atoms with van der Waals surface area (Å²) < 4.78 is 0. The third-order valence-electron chi connectivity index (χ3n) is 4.62. The summed E-state index contributed by atoms with van der Waals surface area (Å²) in [5.74, 6) is 0.392. The van der Waals surface area contributed by atoms with E-state index >= 15 is 0 Å². The molecule has 0 aliphatic carbocycles. The molecule has 0 bridgehead atoms. The van der Waals surface area contributed by atoms with Crippen molar-refractivity contribution >= 4 is 0 Å². The maximum atomic E-state index is 10.2. The van der Waals surface area contributed by atoms with Gasteiger partial charge in [-0.05, 0) is 62.4 Å². The molecule has 2 heterocycles. The molecule has 0 aliphatic heterocycles. The molecule has 0 saturated carbocycles. The van der Waals surface area contributed by atoms with Crippen molar-refractivity contribution in [2.24, 2.45) is 0 Å². The molecule has 4 nitrogen and oxygen atoms in total. The summed E-state index contributed by atoms with van der Waals surface area (Å²) in [6.45, 7) is 3.96. The van der Waals surface area contributed by atoms with Gasteiger partial charge in [0.2, 0.25) is 0 Å². The van der Waals surface area contributed by atoms with Crippen LogP contribution in [0.4, 0.5) is 0 Å². The van der Waals surface area contributed by atoms with Gasteiger partial charge in [0.1, 0.15) is 11.5 Å². The largest absolute Gasteiger partial charge is 0.507 e. The zero-order valence-corrected chi connectivity index (χ0v) is 15.7. The van der Waals surface area contributed by atoms with Crippen molar-refractivity contribution in [3.63, 3.8) is 0 Å². The second-order valence-corrected chi connectivity index (χ2v) is 6.86. The van der Waals surface area contributed by atoms with Crippen LogP contribution in [0.5, 0.6) is 11.5 Å². The van der Waals surface area contributed by atoms with Gasteiger partial charge in [0, 0.05) is 11.1 Å². The van der Waals surface area contributed by atoms with E-state index in [9.17, 15) is 10.2 Å². The summed E-state index contributed by atoms with van der Waals surface area (Å²) in [4.78, 5) is 9.41. The second kappa shape index (κ2) is 7.16. The normalized spacial score (nSPS) is 10.8. The number of hydrogen-bond donors (Lipinski definition) is 2. The third kappa shape index (κ3) is 3.45.